The normalized spacial score (nSPS) is 23.9. The van der Waals surface area contributed by atoms with Crippen LogP contribution in [0.1, 0.15) is 86.7 Å². The summed E-state index contributed by atoms with van der Waals surface area (Å²) in [5.41, 5.74) is 2.38. The van der Waals surface area contributed by atoms with Gasteiger partial charge in [0.2, 0.25) is 20.0 Å². The molecule has 4 atom stereocenters. The third-order valence-electron chi connectivity index (χ3n) is 12.2. The summed E-state index contributed by atoms with van der Waals surface area (Å²) in [6, 6.07) is 35.1. The molecule has 4 fully saturated rings. The van der Waals surface area contributed by atoms with Gasteiger partial charge in [-0.2, -0.15) is 0 Å². The van der Waals surface area contributed by atoms with Crippen molar-refractivity contribution in [2.75, 3.05) is 50.8 Å². The first-order chi connectivity index (χ1) is 30.1. The Labute approximate surface area is 388 Å². The summed E-state index contributed by atoms with van der Waals surface area (Å²) in [6.45, 7) is 6.62. The number of nitrogens with zero attached hydrogens (tertiary/aromatic N) is 3. The van der Waals surface area contributed by atoms with Crippen molar-refractivity contribution in [3.63, 3.8) is 0 Å². The molecule has 17 heteroatoms. The van der Waals surface area contributed by atoms with Crippen LogP contribution in [0.4, 0.5) is 9.59 Å². The number of amides is 2. The standard InChI is InChI=1S/C23H27BrN2O4S.C20H22BrNO3.C3H7NO2S/c1-18(19-8-10-21(24)11-9-19)26-16-13-23(30-22(26)27,20-6-3-2-4-7-20)12-15-25-14-5-17-31(25,28)29;1-15(16-7-9-18(21)10-8-16)22-13-11-20(12-14-23,25-19(22)24)17-5-3-2-4-6-17;5-7(6)3-1-2-4-7/h2-4,6-11,18H,5,12-17H2,1H3;2-10,15,23H,11-14H2,1H3;4H,1-3H2/t18-,23+;15-,20-;/m00./s1. The number of benzene rings is 4. The van der Waals surface area contributed by atoms with Gasteiger partial charge in [0, 0.05) is 74.0 Å². The Morgan fingerprint density at radius 1 is 0.651 bits per heavy atom. The highest BCUT2D eigenvalue weighted by atomic mass is 79.9. The monoisotopic (exact) mass is 1030 g/mol. The van der Waals surface area contributed by atoms with Crippen molar-refractivity contribution >= 4 is 64.1 Å². The summed E-state index contributed by atoms with van der Waals surface area (Å²) in [6.07, 6.45) is 2.84. The SMILES string of the molecule is C[C@@H](c1ccc(Br)cc1)N1CC[C@](CCN2CCCS2(=O)=O)(c2ccccc2)OC1=O.C[C@@H](c1ccc(Br)cc1)N1CC[C@](CCO)(c2ccccc2)OC1=O.O=S1(=O)CCCN1. The minimum Gasteiger partial charge on any atom is -0.438 e. The first-order valence-electron chi connectivity index (χ1n) is 21.2. The molecule has 0 radical (unpaired) electrons. The van der Waals surface area contributed by atoms with Crippen LogP contribution >= 0.6 is 31.9 Å². The van der Waals surface area contributed by atoms with Gasteiger partial charge in [-0.05, 0) is 73.2 Å². The van der Waals surface area contributed by atoms with E-state index in [1.54, 1.807) is 9.80 Å². The summed E-state index contributed by atoms with van der Waals surface area (Å²) in [4.78, 5) is 29.4. The molecular weight excluding hydrogens is 976 g/mol. The summed E-state index contributed by atoms with van der Waals surface area (Å²) >= 11 is 6.88. The van der Waals surface area contributed by atoms with Gasteiger partial charge in [-0.1, -0.05) is 117 Å². The Morgan fingerprint density at radius 3 is 1.46 bits per heavy atom. The van der Waals surface area contributed by atoms with E-state index < -0.39 is 31.2 Å². The van der Waals surface area contributed by atoms with Crippen molar-refractivity contribution in [3.05, 3.63) is 140 Å². The van der Waals surface area contributed by atoms with E-state index in [-0.39, 0.29) is 36.6 Å². The minimum atomic E-state index is -3.20. The van der Waals surface area contributed by atoms with Crippen LogP contribution in [0.3, 0.4) is 0 Å². The average molecular weight is 1030 g/mol. The van der Waals surface area contributed by atoms with E-state index in [1.807, 2.05) is 123 Å². The van der Waals surface area contributed by atoms with E-state index >= 15 is 0 Å². The van der Waals surface area contributed by atoms with E-state index in [2.05, 4.69) is 36.6 Å². The predicted molar refractivity (Wildman–Crippen MR) is 250 cm³/mol. The fraction of sp³-hybridized carbons (Fsp3) is 0.435. The maximum atomic E-state index is 13.2. The molecule has 0 aromatic heterocycles. The summed E-state index contributed by atoms with van der Waals surface area (Å²) in [7, 11) is -5.99. The zero-order chi connectivity index (χ0) is 45.3. The third kappa shape index (κ3) is 12.3. The lowest BCUT2D eigenvalue weighted by molar-refractivity contribution is -0.0719. The van der Waals surface area contributed by atoms with Gasteiger partial charge in [-0.3, -0.25) is 0 Å². The van der Waals surface area contributed by atoms with Crippen LogP contribution in [0.15, 0.2) is 118 Å². The van der Waals surface area contributed by atoms with Gasteiger partial charge in [0.15, 0.2) is 0 Å². The highest BCUT2D eigenvalue weighted by Gasteiger charge is 2.45. The van der Waals surface area contributed by atoms with Crippen LogP contribution in [0.25, 0.3) is 0 Å². The third-order valence-corrected chi connectivity index (χ3v) is 16.7. The van der Waals surface area contributed by atoms with Gasteiger partial charge >= 0.3 is 12.2 Å². The minimum absolute atomic E-state index is 0.0234. The summed E-state index contributed by atoms with van der Waals surface area (Å²) in [5, 5.41) is 9.50. The van der Waals surface area contributed by atoms with Crippen LogP contribution in [-0.2, 0) is 40.7 Å². The van der Waals surface area contributed by atoms with Crippen LogP contribution in [0.5, 0.6) is 0 Å². The Kier molecular flexibility index (Phi) is 16.5. The number of halogens is 2. The largest absolute Gasteiger partial charge is 0.438 e. The first-order valence-corrected chi connectivity index (χ1v) is 26.1. The van der Waals surface area contributed by atoms with Gasteiger partial charge in [0.1, 0.15) is 11.2 Å². The molecule has 2 N–H and O–H groups in total. The number of carbonyl (C=O) groups excluding carboxylic acids is 2. The quantitative estimate of drug-likeness (QED) is 0.150. The van der Waals surface area contributed by atoms with Gasteiger partial charge in [-0.25, -0.2) is 35.5 Å². The number of ether oxygens (including phenoxy) is 2. The number of aliphatic hydroxyl groups excluding tert-OH is 1. The molecule has 2 amide bonds. The van der Waals surface area contributed by atoms with Crippen LogP contribution < -0.4 is 4.72 Å². The van der Waals surface area contributed by atoms with Crippen molar-refractivity contribution in [1.82, 2.24) is 18.8 Å². The van der Waals surface area contributed by atoms with E-state index in [4.69, 9.17) is 9.47 Å². The smallest absolute Gasteiger partial charge is 0.411 e. The Bertz CT molecular complexity index is 2350. The molecule has 63 heavy (non-hydrogen) atoms. The molecule has 8 rings (SSSR count). The number of sulfonamides is 2. The molecule has 13 nitrogen and oxygen atoms in total. The Morgan fingerprint density at radius 2 is 1.11 bits per heavy atom. The lowest BCUT2D eigenvalue weighted by Gasteiger charge is -2.44. The highest BCUT2D eigenvalue weighted by molar-refractivity contribution is 9.10. The van der Waals surface area contributed by atoms with Gasteiger partial charge < -0.3 is 24.4 Å². The van der Waals surface area contributed by atoms with Crippen LogP contribution in [0, 0.1) is 0 Å². The van der Waals surface area contributed by atoms with Crippen molar-refractivity contribution < 1.29 is 41.0 Å². The Balaban J connectivity index is 0.000000184. The van der Waals surface area contributed by atoms with Gasteiger partial charge in [0.05, 0.1) is 23.6 Å². The zero-order valence-electron chi connectivity index (χ0n) is 35.6. The van der Waals surface area contributed by atoms with E-state index in [0.29, 0.717) is 70.6 Å². The number of carbonyl (C=O) groups is 2. The van der Waals surface area contributed by atoms with Crippen LogP contribution in [-0.4, -0.2) is 99.1 Å². The maximum absolute atomic E-state index is 13.2. The fourth-order valence-corrected chi connectivity index (χ4v) is 11.6. The molecule has 4 heterocycles. The number of rotatable bonds is 11. The van der Waals surface area contributed by atoms with Crippen molar-refractivity contribution in [2.45, 2.75) is 75.7 Å². The lowest BCUT2D eigenvalue weighted by atomic mass is 9.85. The molecule has 4 aromatic rings. The summed E-state index contributed by atoms with van der Waals surface area (Å²) < 4.78 is 63.1. The number of cyclic esters (lactones) is 2. The predicted octanol–water partition coefficient (Wildman–Crippen LogP) is 8.61. The highest BCUT2D eigenvalue weighted by Crippen LogP contribution is 2.41. The molecule has 0 saturated carbocycles. The second-order valence-corrected chi connectivity index (χ2v) is 22.0. The fourth-order valence-electron chi connectivity index (χ4n) is 8.41. The number of nitrogens with one attached hydrogen (secondary N) is 1. The molecule has 4 aromatic carbocycles. The van der Waals surface area contributed by atoms with Crippen molar-refractivity contribution in [3.8, 4) is 0 Å². The molecule has 0 spiro atoms. The first kappa shape index (κ1) is 48.6. The molecule has 4 saturated heterocycles. The molecule has 4 aliphatic heterocycles. The number of hydrogen-bond donors (Lipinski definition) is 2. The Hall–Kier alpha value is -3.84. The topological polar surface area (TPSA) is 163 Å². The van der Waals surface area contributed by atoms with E-state index in [1.165, 1.54) is 4.31 Å². The van der Waals surface area contributed by atoms with Crippen LogP contribution in [0.2, 0.25) is 0 Å². The second kappa shape index (κ2) is 21.4. The lowest BCUT2D eigenvalue weighted by Crippen LogP contribution is -2.50. The molecule has 0 unspecified atom stereocenters. The molecular formula is C46H56Br2N4O9S2. The van der Waals surface area contributed by atoms with E-state index in [9.17, 15) is 31.5 Å². The number of aliphatic hydroxyl groups is 1. The average Bonchev–Trinajstić information content (AvgIpc) is 3.85. The van der Waals surface area contributed by atoms with Crippen molar-refractivity contribution in [2.24, 2.45) is 0 Å². The van der Waals surface area contributed by atoms with Gasteiger partial charge in [-0.15, -0.1) is 0 Å². The number of hydrogen-bond acceptors (Lipinski definition) is 9. The second-order valence-electron chi connectivity index (χ2n) is 16.2. The molecule has 0 aliphatic carbocycles. The van der Waals surface area contributed by atoms with Gasteiger partial charge in [0.25, 0.3) is 0 Å². The maximum Gasteiger partial charge on any atom is 0.411 e. The van der Waals surface area contributed by atoms with Crippen molar-refractivity contribution in [1.29, 1.82) is 0 Å². The zero-order valence-corrected chi connectivity index (χ0v) is 40.4. The molecule has 0 bridgehead atoms. The van der Waals surface area contributed by atoms with E-state index in [0.717, 1.165) is 37.6 Å². The summed E-state index contributed by atoms with van der Waals surface area (Å²) in [5.74, 6) is 0.511. The molecule has 4 aliphatic rings. The molecule has 340 valence electrons.